The third-order valence-corrected chi connectivity index (χ3v) is 2.99. The molecule has 1 aromatic carbocycles. The highest BCUT2D eigenvalue weighted by Crippen LogP contribution is 2.19. The quantitative estimate of drug-likeness (QED) is 0.893. The Morgan fingerprint density at radius 3 is 2.53 bits per heavy atom. The van der Waals surface area contributed by atoms with Gasteiger partial charge < -0.3 is 10.6 Å². The fourth-order valence-electron chi connectivity index (χ4n) is 1.85. The van der Waals surface area contributed by atoms with Crippen LogP contribution in [0, 0.1) is 18.6 Å². The van der Waals surface area contributed by atoms with E-state index in [4.69, 9.17) is 5.73 Å². The van der Waals surface area contributed by atoms with Crippen LogP contribution in [0.4, 0.5) is 8.78 Å². The summed E-state index contributed by atoms with van der Waals surface area (Å²) in [6, 6.07) is 2.30. The SMILES string of the molecule is Cc1ccc(F)c(C(=O)N(CCCN)C(C)C)c1F. The summed E-state index contributed by atoms with van der Waals surface area (Å²) >= 11 is 0. The van der Waals surface area contributed by atoms with Gasteiger partial charge in [0.25, 0.3) is 5.91 Å². The Kier molecular flexibility index (Phi) is 5.42. The second-order valence-electron chi connectivity index (χ2n) is 4.79. The first kappa shape index (κ1) is 15.6. The highest BCUT2D eigenvalue weighted by molar-refractivity contribution is 5.95. The number of carbonyl (C=O) groups is 1. The van der Waals surface area contributed by atoms with Crippen molar-refractivity contribution in [1.82, 2.24) is 4.90 Å². The molecule has 0 atom stereocenters. The molecule has 0 aliphatic carbocycles. The summed E-state index contributed by atoms with van der Waals surface area (Å²) in [6.45, 7) is 5.93. The lowest BCUT2D eigenvalue weighted by Crippen LogP contribution is -2.39. The molecule has 0 radical (unpaired) electrons. The van der Waals surface area contributed by atoms with E-state index in [1.54, 1.807) is 13.8 Å². The Labute approximate surface area is 112 Å². The average Bonchev–Trinajstić information content (AvgIpc) is 2.34. The molecular formula is C14H20F2N2O. The smallest absolute Gasteiger partial charge is 0.260 e. The number of carbonyl (C=O) groups excluding carboxylic acids is 1. The summed E-state index contributed by atoms with van der Waals surface area (Å²) in [5, 5.41) is 0. The summed E-state index contributed by atoms with van der Waals surface area (Å²) < 4.78 is 27.7. The predicted octanol–water partition coefficient (Wildman–Crippen LogP) is 2.47. The van der Waals surface area contributed by atoms with Gasteiger partial charge in [-0.1, -0.05) is 6.07 Å². The van der Waals surface area contributed by atoms with Crippen molar-refractivity contribution in [3.8, 4) is 0 Å². The molecule has 1 amide bonds. The van der Waals surface area contributed by atoms with Gasteiger partial charge in [-0.15, -0.1) is 0 Å². The van der Waals surface area contributed by atoms with E-state index >= 15 is 0 Å². The van der Waals surface area contributed by atoms with Crippen LogP contribution in [-0.2, 0) is 0 Å². The van der Waals surface area contributed by atoms with Crippen LogP contribution in [0.3, 0.4) is 0 Å². The van der Waals surface area contributed by atoms with Gasteiger partial charge in [0, 0.05) is 12.6 Å². The largest absolute Gasteiger partial charge is 0.336 e. The number of amides is 1. The third-order valence-electron chi connectivity index (χ3n) is 2.99. The molecule has 0 aliphatic heterocycles. The molecule has 0 aliphatic rings. The lowest BCUT2D eigenvalue weighted by atomic mass is 10.1. The number of aryl methyl sites for hydroxylation is 1. The van der Waals surface area contributed by atoms with Crippen LogP contribution in [0.15, 0.2) is 12.1 Å². The summed E-state index contributed by atoms with van der Waals surface area (Å²) in [7, 11) is 0. The number of nitrogens with zero attached hydrogens (tertiary/aromatic N) is 1. The molecule has 0 unspecified atom stereocenters. The molecule has 3 nitrogen and oxygen atoms in total. The van der Waals surface area contributed by atoms with Crippen LogP contribution in [0.5, 0.6) is 0 Å². The van der Waals surface area contributed by atoms with E-state index < -0.39 is 23.1 Å². The first-order valence-corrected chi connectivity index (χ1v) is 6.35. The molecule has 1 rings (SSSR count). The van der Waals surface area contributed by atoms with Crippen molar-refractivity contribution >= 4 is 5.91 Å². The Hall–Kier alpha value is -1.49. The van der Waals surface area contributed by atoms with E-state index in [-0.39, 0.29) is 11.6 Å². The van der Waals surface area contributed by atoms with E-state index in [9.17, 15) is 13.6 Å². The monoisotopic (exact) mass is 270 g/mol. The molecule has 5 heteroatoms. The first-order chi connectivity index (χ1) is 8.90. The minimum atomic E-state index is -0.827. The summed E-state index contributed by atoms with van der Waals surface area (Å²) in [4.78, 5) is 13.7. The molecule has 0 bridgehead atoms. The number of rotatable bonds is 5. The zero-order chi connectivity index (χ0) is 14.6. The standard InChI is InChI=1S/C14H20F2N2O/c1-9(2)18(8-4-7-17)14(19)12-11(15)6-5-10(3)13(12)16/h5-6,9H,4,7-8,17H2,1-3H3. The van der Waals surface area contributed by atoms with Crippen molar-refractivity contribution in [2.24, 2.45) is 5.73 Å². The van der Waals surface area contributed by atoms with E-state index in [1.165, 1.54) is 17.9 Å². The van der Waals surface area contributed by atoms with Gasteiger partial charge in [-0.25, -0.2) is 8.78 Å². The van der Waals surface area contributed by atoms with Crippen molar-refractivity contribution in [3.05, 3.63) is 34.9 Å². The van der Waals surface area contributed by atoms with Crippen LogP contribution in [0.1, 0.15) is 36.2 Å². The zero-order valence-corrected chi connectivity index (χ0v) is 11.5. The summed E-state index contributed by atoms with van der Waals surface area (Å²) in [5.74, 6) is -2.24. The Morgan fingerprint density at radius 1 is 1.37 bits per heavy atom. The lowest BCUT2D eigenvalue weighted by molar-refractivity contribution is 0.0694. The van der Waals surface area contributed by atoms with E-state index in [0.717, 1.165) is 6.07 Å². The number of halogens is 2. The van der Waals surface area contributed by atoms with Crippen LogP contribution in [0.25, 0.3) is 0 Å². The van der Waals surface area contributed by atoms with E-state index in [0.29, 0.717) is 19.5 Å². The maximum absolute atomic E-state index is 13.9. The second kappa shape index (κ2) is 6.61. The van der Waals surface area contributed by atoms with E-state index in [1.807, 2.05) is 0 Å². The summed E-state index contributed by atoms with van der Waals surface area (Å²) in [5.41, 5.74) is 5.19. The molecular weight excluding hydrogens is 250 g/mol. The number of benzene rings is 1. The molecule has 2 N–H and O–H groups in total. The van der Waals surface area contributed by atoms with Gasteiger partial charge in [0.2, 0.25) is 0 Å². The maximum atomic E-state index is 13.9. The first-order valence-electron chi connectivity index (χ1n) is 6.35. The third kappa shape index (κ3) is 3.50. The normalized spacial score (nSPS) is 10.9. The number of hydrogen-bond acceptors (Lipinski definition) is 2. The molecule has 0 heterocycles. The summed E-state index contributed by atoms with van der Waals surface area (Å²) in [6.07, 6.45) is 0.596. The Balaban J connectivity index is 3.13. The van der Waals surface area contributed by atoms with Gasteiger partial charge in [0.15, 0.2) is 0 Å². The molecule has 0 saturated carbocycles. The predicted molar refractivity (Wildman–Crippen MR) is 70.9 cm³/mol. The van der Waals surface area contributed by atoms with Crippen LogP contribution in [0.2, 0.25) is 0 Å². The maximum Gasteiger partial charge on any atom is 0.260 e. The van der Waals surface area contributed by atoms with Gasteiger partial charge >= 0.3 is 0 Å². The highest BCUT2D eigenvalue weighted by atomic mass is 19.1. The fraction of sp³-hybridized carbons (Fsp3) is 0.500. The van der Waals surface area contributed by atoms with Gasteiger partial charge in [-0.2, -0.15) is 0 Å². The zero-order valence-electron chi connectivity index (χ0n) is 11.5. The van der Waals surface area contributed by atoms with Gasteiger partial charge in [-0.3, -0.25) is 4.79 Å². The van der Waals surface area contributed by atoms with E-state index in [2.05, 4.69) is 0 Å². The topological polar surface area (TPSA) is 46.3 Å². The Morgan fingerprint density at radius 2 is 2.00 bits per heavy atom. The van der Waals surface area contributed by atoms with Gasteiger partial charge in [0.05, 0.1) is 0 Å². The molecule has 0 fully saturated rings. The van der Waals surface area contributed by atoms with Crippen molar-refractivity contribution < 1.29 is 13.6 Å². The number of nitrogens with two attached hydrogens (primary N) is 1. The molecule has 0 saturated heterocycles. The van der Waals surface area contributed by atoms with Crippen LogP contribution in [-0.4, -0.2) is 29.9 Å². The van der Waals surface area contributed by atoms with Gasteiger partial charge in [0.1, 0.15) is 17.2 Å². The minimum Gasteiger partial charge on any atom is -0.336 e. The average molecular weight is 270 g/mol. The van der Waals surface area contributed by atoms with Crippen molar-refractivity contribution in [1.29, 1.82) is 0 Å². The molecule has 19 heavy (non-hydrogen) atoms. The Bertz CT molecular complexity index is 461. The molecule has 106 valence electrons. The fourth-order valence-corrected chi connectivity index (χ4v) is 1.85. The molecule has 0 aromatic heterocycles. The lowest BCUT2D eigenvalue weighted by Gasteiger charge is -2.27. The van der Waals surface area contributed by atoms with Crippen LogP contribution >= 0.6 is 0 Å². The van der Waals surface area contributed by atoms with Crippen molar-refractivity contribution in [2.45, 2.75) is 33.2 Å². The van der Waals surface area contributed by atoms with Gasteiger partial charge in [-0.05, 0) is 45.4 Å². The van der Waals surface area contributed by atoms with Crippen molar-refractivity contribution in [3.63, 3.8) is 0 Å². The number of hydrogen-bond donors (Lipinski definition) is 1. The highest BCUT2D eigenvalue weighted by Gasteiger charge is 2.25. The molecule has 0 spiro atoms. The van der Waals surface area contributed by atoms with Crippen LogP contribution < -0.4 is 5.73 Å². The van der Waals surface area contributed by atoms with Crippen molar-refractivity contribution in [2.75, 3.05) is 13.1 Å². The second-order valence-corrected chi connectivity index (χ2v) is 4.79. The minimum absolute atomic E-state index is 0.140. The molecule has 1 aromatic rings.